The Labute approximate surface area is 123 Å². The lowest BCUT2D eigenvalue weighted by atomic mass is 10.2. The minimum absolute atomic E-state index is 0.0611. The van der Waals surface area contributed by atoms with Crippen LogP contribution in [0.5, 0.6) is 5.75 Å². The van der Waals surface area contributed by atoms with E-state index in [9.17, 15) is 4.39 Å². The summed E-state index contributed by atoms with van der Waals surface area (Å²) in [4.78, 5) is 0. The molecule has 114 valence electrons. The zero-order valence-electron chi connectivity index (χ0n) is 13.8. The summed E-state index contributed by atoms with van der Waals surface area (Å²) in [5.74, 6) is 0.114. The predicted octanol–water partition coefficient (Wildman–Crippen LogP) is 4.71. The molecule has 1 rings (SSSR count). The Morgan fingerprint density at radius 2 is 1.85 bits per heavy atom. The number of nitrogens with one attached hydrogen (secondary N) is 1. The van der Waals surface area contributed by atoms with Crippen molar-refractivity contribution in [3.05, 3.63) is 29.6 Å². The van der Waals surface area contributed by atoms with Gasteiger partial charge in [-0.1, -0.05) is 40.7 Å². The summed E-state index contributed by atoms with van der Waals surface area (Å²) in [6.45, 7) is 15.6. The van der Waals surface area contributed by atoms with E-state index in [1.807, 2.05) is 12.1 Å². The van der Waals surface area contributed by atoms with E-state index < -0.39 is 8.32 Å². The molecule has 0 amide bonds. The summed E-state index contributed by atoms with van der Waals surface area (Å²) in [7, 11) is -2.01. The Balaban J connectivity index is 2.92. The number of benzene rings is 1. The van der Waals surface area contributed by atoms with Gasteiger partial charge in [0.05, 0.1) is 0 Å². The smallest absolute Gasteiger partial charge is 0.250 e. The molecule has 0 saturated carbocycles. The number of hydrogen-bond acceptors (Lipinski definition) is 2. The van der Waals surface area contributed by atoms with Crippen LogP contribution in [0.3, 0.4) is 0 Å². The molecule has 20 heavy (non-hydrogen) atoms. The molecule has 0 heterocycles. The van der Waals surface area contributed by atoms with Gasteiger partial charge in [0.15, 0.2) is 5.82 Å². The van der Waals surface area contributed by atoms with Crippen LogP contribution in [0.1, 0.15) is 40.2 Å². The van der Waals surface area contributed by atoms with Gasteiger partial charge in [-0.05, 0) is 35.8 Å². The van der Waals surface area contributed by atoms with Gasteiger partial charge in [-0.3, -0.25) is 0 Å². The van der Waals surface area contributed by atoms with E-state index in [2.05, 4.69) is 53.0 Å². The Hall–Kier alpha value is -0.873. The quantitative estimate of drug-likeness (QED) is 0.795. The molecule has 0 aliphatic rings. The summed E-state index contributed by atoms with van der Waals surface area (Å²) >= 11 is 0. The molecule has 0 aliphatic carbocycles. The van der Waals surface area contributed by atoms with Gasteiger partial charge in [-0.15, -0.1) is 0 Å². The highest BCUT2D eigenvalue weighted by Gasteiger charge is 2.39. The lowest BCUT2D eigenvalue weighted by Crippen LogP contribution is -2.44. The summed E-state index contributed by atoms with van der Waals surface area (Å²) in [6.07, 6.45) is 0. The second kappa shape index (κ2) is 6.27. The lowest BCUT2D eigenvalue weighted by Gasteiger charge is -2.36. The molecule has 0 spiro atoms. The molecule has 0 aliphatic heterocycles. The van der Waals surface area contributed by atoms with Crippen molar-refractivity contribution in [3.8, 4) is 5.75 Å². The van der Waals surface area contributed by atoms with Crippen LogP contribution in [0.25, 0.3) is 0 Å². The van der Waals surface area contributed by atoms with E-state index in [-0.39, 0.29) is 10.9 Å². The van der Waals surface area contributed by atoms with Crippen molar-refractivity contribution in [3.63, 3.8) is 0 Å². The van der Waals surface area contributed by atoms with E-state index in [1.54, 1.807) is 0 Å². The molecule has 0 aromatic heterocycles. The molecular formula is C16H28FNOSi. The van der Waals surface area contributed by atoms with Crippen LogP contribution in [0.15, 0.2) is 18.2 Å². The van der Waals surface area contributed by atoms with Crippen molar-refractivity contribution >= 4 is 8.32 Å². The number of halogens is 1. The maximum absolute atomic E-state index is 14.0. The molecule has 0 bridgehead atoms. The maximum Gasteiger partial charge on any atom is 0.250 e. The summed E-state index contributed by atoms with van der Waals surface area (Å²) in [6, 6.07) is 5.54. The minimum atomic E-state index is -2.01. The first kappa shape index (κ1) is 17.2. The first-order chi connectivity index (χ1) is 9.03. The van der Waals surface area contributed by atoms with Gasteiger partial charge in [0, 0.05) is 12.6 Å². The van der Waals surface area contributed by atoms with Crippen LogP contribution in [0, 0.1) is 5.82 Å². The Morgan fingerprint density at radius 3 is 2.35 bits per heavy atom. The largest absolute Gasteiger partial charge is 0.542 e. The second-order valence-corrected chi connectivity index (χ2v) is 11.9. The third kappa shape index (κ3) is 4.60. The van der Waals surface area contributed by atoms with Crippen LogP contribution in [0.2, 0.25) is 18.1 Å². The molecule has 0 saturated heterocycles. The average molecular weight is 297 g/mol. The molecule has 0 fully saturated rings. The third-order valence-electron chi connectivity index (χ3n) is 3.88. The third-order valence-corrected chi connectivity index (χ3v) is 8.22. The second-order valence-electron chi connectivity index (χ2n) is 7.16. The highest BCUT2D eigenvalue weighted by Crippen LogP contribution is 2.38. The number of hydrogen-bond donors (Lipinski definition) is 1. The van der Waals surface area contributed by atoms with Gasteiger partial charge in [0.1, 0.15) is 5.75 Å². The van der Waals surface area contributed by atoms with Crippen molar-refractivity contribution in [1.82, 2.24) is 5.32 Å². The highest BCUT2D eigenvalue weighted by molar-refractivity contribution is 6.74. The van der Waals surface area contributed by atoms with Crippen molar-refractivity contribution in [1.29, 1.82) is 0 Å². The fraction of sp³-hybridized carbons (Fsp3) is 0.625. The van der Waals surface area contributed by atoms with E-state index in [0.717, 1.165) is 12.1 Å². The predicted molar refractivity (Wildman–Crippen MR) is 86.2 cm³/mol. The van der Waals surface area contributed by atoms with Crippen LogP contribution in [0.4, 0.5) is 4.39 Å². The van der Waals surface area contributed by atoms with Crippen molar-refractivity contribution < 1.29 is 8.82 Å². The Bertz CT molecular complexity index is 452. The van der Waals surface area contributed by atoms with Gasteiger partial charge in [0.2, 0.25) is 0 Å². The average Bonchev–Trinajstić information content (AvgIpc) is 2.28. The molecule has 2 nitrogen and oxygen atoms in total. The first-order valence-corrected chi connectivity index (χ1v) is 10.1. The summed E-state index contributed by atoms with van der Waals surface area (Å²) < 4.78 is 20.0. The van der Waals surface area contributed by atoms with Crippen LogP contribution in [-0.2, 0) is 6.54 Å². The molecule has 0 radical (unpaired) electrons. The zero-order chi connectivity index (χ0) is 15.6. The first-order valence-electron chi connectivity index (χ1n) is 7.24. The van der Waals surface area contributed by atoms with E-state index in [0.29, 0.717) is 11.8 Å². The van der Waals surface area contributed by atoms with Crippen LogP contribution in [-0.4, -0.2) is 14.4 Å². The topological polar surface area (TPSA) is 21.3 Å². The fourth-order valence-corrected chi connectivity index (χ4v) is 2.50. The van der Waals surface area contributed by atoms with Crippen LogP contribution < -0.4 is 9.74 Å². The number of rotatable bonds is 5. The molecule has 0 unspecified atom stereocenters. The molecular weight excluding hydrogens is 269 g/mol. The van der Waals surface area contributed by atoms with Crippen molar-refractivity contribution in [2.45, 2.75) is 65.3 Å². The van der Waals surface area contributed by atoms with E-state index in [1.165, 1.54) is 6.07 Å². The maximum atomic E-state index is 14.0. The normalized spacial score (nSPS) is 12.8. The van der Waals surface area contributed by atoms with E-state index in [4.69, 9.17) is 4.43 Å². The minimum Gasteiger partial charge on any atom is -0.542 e. The van der Waals surface area contributed by atoms with Crippen molar-refractivity contribution in [2.75, 3.05) is 0 Å². The fourth-order valence-electron chi connectivity index (χ4n) is 1.49. The van der Waals surface area contributed by atoms with Gasteiger partial charge in [0.25, 0.3) is 8.32 Å². The SMILES string of the molecule is CC(C)NCc1ccc(F)c(O[Si](C)(C)C(C)(C)C)c1. The Kier molecular flexibility index (Phi) is 5.38. The Morgan fingerprint density at radius 1 is 1.25 bits per heavy atom. The molecule has 1 aromatic rings. The zero-order valence-corrected chi connectivity index (χ0v) is 14.8. The summed E-state index contributed by atoms with van der Waals surface area (Å²) in [5.41, 5.74) is 1.05. The standard InChI is InChI=1S/C16H28FNOSi/c1-12(2)18-11-13-8-9-14(17)15(10-13)19-20(6,7)16(3,4)5/h8-10,12,18H,11H2,1-7H3. The van der Waals surface area contributed by atoms with E-state index >= 15 is 0 Å². The highest BCUT2D eigenvalue weighted by atomic mass is 28.4. The molecule has 0 atom stereocenters. The molecule has 1 aromatic carbocycles. The summed E-state index contributed by atoms with van der Waals surface area (Å²) in [5, 5.41) is 3.40. The van der Waals surface area contributed by atoms with Gasteiger partial charge >= 0.3 is 0 Å². The van der Waals surface area contributed by atoms with Gasteiger partial charge in [-0.2, -0.15) is 0 Å². The monoisotopic (exact) mass is 297 g/mol. The van der Waals surface area contributed by atoms with Gasteiger partial charge in [-0.25, -0.2) is 4.39 Å². The van der Waals surface area contributed by atoms with Crippen molar-refractivity contribution in [2.24, 2.45) is 0 Å². The van der Waals surface area contributed by atoms with Gasteiger partial charge < -0.3 is 9.74 Å². The lowest BCUT2D eigenvalue weighted by molar-refractivity contribution is 0.455. The van der Waals surface area contributed by atoms with Crippen LogP contribution >= 0.6 is 0 Å². The molecule has 1 N–H and O–H groups in total. The molecule has 4 heteroatoms.